The lowest BCUT2D eigenvalue weighted by Gasteiger charge is -2.29. The van der Waals surface area contributed by atoms with E-state index in [1.807, 2.05) is 0 Å². The van der Waals surface area contributed by atoms with Crippen LogP contribution in [0, 0.1) is 0 Å². The van der Waals surface area contributed by atoms with Gasteiger partial charge in [0, 0.05) is 16.5 Å². The summed E-state index contributed by atoms with van der Waals surface area (Å²) in [4.78, 5) is 2.43. The molecule has 0 saturated carbocycles. The number of hydrogen-bond donors (Lipinski definition) is 0. The van der Waals surface area contributed by atoms with Gasteiger partial charge in [-0.15, -0.1) is 0 Å². The summed E-state index contributed by atoms with van der Waals surface area (Å²) in [5.41, 5.74) is 3.52. The second kappa shape index (κ2) is 8.00. The van der Waals surface area contributed by atoms with Gasteiger partial charge in [0.15, 0.2) is 0 Å². The molecule has 7 aromatic carbocycles. The zero-order chi connectivity index (χ0) is 23.2. The maximum atomic E-state index is 2.43. The summed E-state index contributed by atoms with van der Waals surface area (Å²) in [5.74, 6) is 0. The van der Waals surface area contributed by atoms with E-state index >= 15 is 0 Å². The van der Waals surface area contributed by atoms with Crippen LogP contribution in [0.3, 0.4) is 0 Å². The zero-order valence-corrected chi connectivity index (χ0v) is 19.2. The Morgan fingerprint density at radius 3 is 1.17 bits per heavy atom. The molecule has 0 radical (unpaired) electrons. The molecule has 0 saturated heterocycles. The van der Waals surface area contributed by atoms with Crippen LogP contribution in [0.4, 0.5) is 17.1 Å². The van der Waals surface area contributed by atoms with E-state index in [1.165, 1.54) is 54.5 Å². The fourth-order valence-corrected chi connectivity index (χ4v) is 5.42. The predicted molar refractivity (Wildman–Crippen MR) is 151 cm³/mol. The van der Waals surface area contributed by atoms with Crippen LogP contribution in [0.15, 0.2) is 140 Å². The summed E-state index contributed by atoms with van der Waals surface area (Å²) in [5, 5.41) is 10.1. The van der Waals surface area contributed by atoms with E-state index in [4.69, 9.17) is 0 Å². The zero-order valence-electron chi connectivity index (χ0n) is 19.2. The third-order valence-electron chi connectivity index (χ3n) is 6.99. The Balaban J connectivity index is 1.65. The quantitative estimate of drug-likeness (QED) is 0.245. The highest BCUT2D eigenvalue weighted by Gasteiger charge is 2.20. The van der Waals surface area contributed by atoms with Gasteiger partial charge in [-0.05, 0) is 56.6 Å². The molecule has 7 rings (SSSR count). The third kappa shape index (κ3) is 3.17. The van der Waals surface area contributed by atoms with Gasteiger partial charge in [-0.1, -0.05) is 115 Å². The monoisotopic (exact) mass is 445 g/mol. The largest absolute Gasteiger partial charge is 0.309 e. The first kappa shape index (κ1) is 19.8. The standard InChI is InChI=1S/C34H23N/c1-2-14-26(15-3-1)35(33-22-24-12-4-6-16-27(24)29-18-8-10-20-31(29)33)34-23-25-13-5-7-17-28(25)30-19-9-11-21-32(30)34/h1-23H. The fourth-order valence-electron chi connectivity index (χ4n) is 5.42. The molecule has 0 bridgehead atoms. The van der Waals surface area contributed by atoms with Gasteiger partial charge < -0.3 is 4.90 Å². The van der Waals surface area contributed by atoms with E-state index < -0.39 is 0 Å². The molecule has 0 amide bonds. The number of nitrogens with zero attached hydrogens (tertiary/aromatic N) is 1. The van der Waals surface area contributed by atoms with Gasteiger partial charge in [0.05, 0.1) is 11.4 Å². The van der Waals surface area contributed by atoms with E-state index in [9.17, 15) is 0 Å². The van der Waals surface area contributed by atoms with Crippen molar-refractivity contribution in [1.82, 2.24) is 0 Å². The first-order valence-electron chi connectivity index (χ1n) is 12.0. The van der Waals surface area contributed by atoms with Crippen molar-refractivity contribution in [1.29, 1.82) is 0 Å². The first-order chi connectivity index (χ1) is 17.4. The Bertz CT molecular complexity index is 1730. The van der Waals surface area contributed by atoms with E-state index in [0.29, 0.717) is 0 Å². The highest BCUT2D eigenvalue weighted by molar-refractivity contribution is 6.18. The van der Waals surface area contributed by atoms with Gasteiger partial charge >= 0.3 is 0 Å². The average molecular weight is 446 g/mol. The van der Waals surface area contributed by atoms with Gasteiger partial charge in [0.1, 0.15) is 0 Å². The number of anilines is 3. The van der Waals surface area contributed by atoms with Crippen LogP contribution in [0.2, 0.25) is 0 Å². The predicted octanol–water partition coefficient (Wildman–Crippen LogP) is 9.77. The van der Waals surface area contributed by atoms with Crippen LogP contribution in [-0.4, -0.2) is 0 Å². The molecule has 164 valence electrons. The van der Waals surface area contributed by atoms with Crippen LogP contribution in [0.1, 0.15) is 0 Å². The fraction of sp³-hybridized carbons (Fsp3) is 0. The molecule has 0 heterocycles. The van der Waals surface area contributed by atoms with Crippen molar-refractivity contribution in [2.24, 2.45) is 0 Å². The number of rotatable bonds is 3. The summed E-state index contributed by atoms with van der Waals surface area (Å²) < 4.78 is 0. The molecule has 0 aliphatic carbocycles. The number of para-hydroxylation sites is 1. The Morgan fingerprint density at radius 2 is 0.686 bits per heavy atom. The average Bonchev–Trinajstić information content (AvgIpc) is 2.94. The second-order valence-electron chi connectivity index (χ2n) is 9.00. The topological polar surface area (TPSA) is 3.24 Å². The molecule has 1 heteroatoms. The number of hydrogen-bond acceptors (Lipinski definition) is 1. The minimum absolute atomic E-state index is 1.15. The SMILES string of the molecule is c1ccc(N(c2cc3ccccc3c3ccccc23)c2cc3ccccc3c3ccccc23)cc1. The lowest BCUT2D eigenvalue weighted by atomic mass is 9.96. The van der Waals surface area contributed by atoms with Crippen LogP contribution >= 0.6 is 0 Å². The maximum Gasteiger partial charge on any atom is 0.0546 e. The molecule has 0 spiro atoms. The molecule has 0 aromatic heterocycles. The Hall–Kier alpha value is -4.62. The van der Waals surface area contributed by atoms with Crippen molar-refractivity contribution in [3.8, 4) is 0 Å². The molecule has 0 unspecified atom stereocenters. The lowest BCUT2D eigenvalue weighted by Crippen LogP contribution is -2.11. The molecule has 0 fully saturated rings. The Labute approximate surface area is 204 Å². The van der Waals surface area contributed by atoms with Crippen LogP contribution < -0.4 is 4.90 Å². The van der Waals surface area contributed by atoms with E-state index in [2.05, 4.69) is 144 Å². The van der Waals surface area contributed by atoms with E-state index in [-0.39, 0.29) is 0 Å². The van der Waals surface area contributed by atoms with Crippen molar-refractivity contribution < 1.29 is 0 Å². The summed E-state index contributed by atoms with van der Waals surface area (Å²) in [6.07, 6.45) is 0. The number of fused-ring (bicyclic) bond motifs is 6. The van der Waals surface area contributed by atoms with Gasteiger partial charge in [-0.25, -0.2) is 0 Å². The van der Waals surface area contributed by atoms with Gasteiger partial charge in [-0.2, -0.15) is 0 Å². The molecule has 0 aliphatic rings. The van der Waals surface area contributed by atoms with Crippen LogP contribution in [0.5, 0.6) is 0 Å². The molecule has 0 atom stereocenters. The maximum absolute atomic E-state index is 2.43. The van der Waals surface area contributed by atoms with Gasteiger partial charge in [-0.3, -0.25) is 0 Å². The van der Waals surface area contributed by atoms with E-state index in [1.54, 1.807) is 0 Å². The van der Waals surface area contributed by atoms with Gasteiger partial charge in [0.25, 0.3) is 0 Å². The highest BCUT2D eigenvalue weighted by Crippen LogP contribution is 2.45. The van der Waals surface area contributed by atoms with E-state index in [0.717, 1.165) is 5.69 Å². The normalized spacial score (nSPS) is 11.4. The molecule has 0 N–H and O–H groups in total. The summed E-state index contributed by atoms with van der Waals surface area (Å²) in [6.45, 7) is 0. The Kier molecular flexibility index (Phi) is 4.53. The molecule has 7 aromatic rings. The third-order valence-corrected chi connectivity index (χ3v) is 6.99. The van der Waals surface area contributed by atoms with Crippen molar-refractivity contribution in [3.63, 3.8) is 0 Å². The first-order valence-corrected chi connectivity index (χ1v) is 12.0. The molecule has 35 heavy (non-hydrogen) atoms. The molecule has 0 aliphatic heterocycles. The van der Waals surface area contributed by atoms with Crippen molar-refractivity contribution in [2.45, 2.75) is 0 Å². The van der Waals surface area contributed by atoms with Crippen LogP contribution in [-0.2, 0) is 0 Å². The van der Waals surface area contributed by atoms with Crippen molar-refractivity contribution in [2.75, 3.05) is 4.90 Å². The molecule has 1 nitrogen and oxygen atoms in total. The van der Waals surface area contributed by atoms with Gasteiger partial charge in [0.2, 0.25) is 0 Å². The summed E-state index contributed by atoms with van der Waals surface area (Å²) in [7, 11) is 0. The van der Waals surface area contributed by atoms with Crippen molar-refractivity contribution in [3.05, 3.63) is 140 Å². The Morgan fingerprint density at radius 1 is 0.314 bits per heavy atom. The minimum atomic E-state index is 1.15. The van der Waals surface area contributed by atoms with Crippen LogP contribution in [0.25, 0.3) is 43.1 Å². The lowest BCUT2D eigenvalue weighted by molar-refractivity contribution is 1.32. The molecular weight excluding hydrogens is 422 g/mol. The highest BCUT2D eigenvalue weighted by atomic mass is 15.1. The smallest absolute Gasteiger partial charge is 0.0546 e. The minimum Gasteiger partial charge on any atom is -0.309 e. The van der Waals surface area contributed by atoms with Crippen molar-refractivity contribution >= 4 is 60.2 Å². The summed E-state index contributed by atoms with van der Waals surface area (Å²) in [6, 6.07) is 50.3. The number of benzene rings is 7. The second-order valence-corrected chi connectivity index (χ2v) is 9.00. The molecular formula is C34H23N. The summed E-state index contributed by atoms with van der Waals surface area (Å²) >= 11 is 0.